The highest BCUT2D eigenvalue weighted by Gasteiger charge is 2.10. The van der Waals surface area contributed by atoms with Crippen molar-refractivity contribution >= 4 is 23.6 Å². The number of carbonyl (C=O) groups excluding carboxylic acids is 2. The zero-order valence-electron chi connectivity index (χ0n) is 14.4. The van der Waals surface area contributed by atoms with Crippen LogP contribution in [0.25, 0.3) is 11.4 Å². The summed E-state index contributed by atoms with van der Waals surface area (Å²) < 4.78 is 0. The number of thioether (sulfide) groups is 1. The fourth-order valence-electron chi connectivity index (χ4n) is 2.19. The van der Waals surface area contributed by atoms with E-state index in [-0.39, 0.29) is 18.2 Å². The fourth-order valence-corrected chi connectivity index (χ4v) is 2.98. The third-order valence-corrected chi connectivity index (χ3v) is 4.46. The summed E-state index contributed by atoms with van der Waals surface area (Å²) in [4.78, 5) is 24.9. The van der Waals surface area contributed by atoms with Crippen molar-refractivity contribution in [2.24, 2.45) is 0 Å². The predicted molar refractivity (Wildman–Crippen MR) is 102 cm³/mol. The summed E-state index contributed by atoms with van der Waals surface area (Å²) in [5, 5.41) is 11.9. The van der Waals surface area contributed by atoms with Crippen molar-refractivity contribution < 1.29 is 9.59 Å². The Bertz CT molecular complexity index is 885. The van der Waals surface area contributed by atoms with E-state index in [1.165, 1.54) is 16.6 Å². The van der Waals surface area contributed by atoms with Crippen LogP contribution in [0.2, 0.25) is 0 Å². The maximum atomic E-state index is 11.9. The minimum absolute atomic E-state index is 0.142. The van der Waals surface area contributed by atoms with Crippen molar-refractivity contribution in [2.75, 3.05) is 5.75 Å². The van der Waals surface area contributed by atoms with E-state index in [1.807, 2.05) is 60.7 Å². The normalized spacial score (nSPS) is 10.4. The van der Waals surface area contributed by atoms with Crippen molar-refractivity contribution in [3.8, 4) is 11.4 Å². The van der Waals surface area contributed by atoms with E-state index in [4.69, 9.17) is 0 Å². The summed E-state index contributed by atoms with van der Waals surface area (Å²) in [6, 6.07) is 19.2. The first-order valence-corrected chi connectivity index (χ1v) is 9.39. The van der Waals surface area contributed by atoms with Crippen molar-refractivity contribution in [3.63, 3.8) is 0 Å². The van der Waals surface area contributed by atoms with Gasteiger partial charge in [0.1, 0.15) is 6.54 Å². The van der Waals surface area contributed by atoms with Gasteiger partial charge in [0.05, 0.1) is 5.75 Å². The van der Waals surface area contributed by atoms with Gasteiger partial charge in [-0.2, -0.15) is 4.80 Å². The number of carbonyl (C=O) groups is 2. The molecule has 2 aromatic carbocycles. The van der Waals surface area contributed by atoms with Crippen molar-refractivity contribution in [3.05, 3.63) is 66.2 Å². The molecule has 27 heavy (non-hydrogen) atoms. The molecule has 1 aromatic heterocycles. The van der Waals surface area contributed by atoms with Crippen LogP contribution in [0.3, 0.4) is 0 Å². The molecule has 2 N–H and O–H groups in total. The highest BCUT2D eigenvalue weighted by Crippen LogP contribution is 2.12. The van der Waals surface area contributed by atoms with Crippen LogP contribution >= 0.6 is 11.8 Å². The van der Waals surface area contributed by atoms with Crippen molar-refractivity contribution in [1.29, 1.82) is 0 Å². The molecule has 0 unspecified atom stereocenters. The average Bonchev–Trinajstić information content (AvgIpc) is 3.16. The molecule has 0 aliphatic carbocycles. The second-order valence-corrected chi connectivity index (χ2v) is 6.57. The maximum absolute atomic E-state index is 11.9. The second-order valence-electron chi connectivity index (χ2n) is 5.58. The van der Waals surface area contributed by atoms with Crippen LogP contribution < -0.4 is 10.9 Å². The molecule has 0 atom stereocenters. The van der Waals surface area contributed by atoms with Gasteiger partial charge in [-0.1, -0.05) is 60.7 Å². The first-order valence-electron chi connectivity index (χ1n) is 8.23. The molecule has 0 saturated carbocycles. The van der Waals surface area contributed by atoms with E-state index in [2.05, 4.69) is 26.3 Å². The van der Waals surface area contributed by atoms with Gasteiger partial charge in [0.2, 0.25) is 11.7 Å². The first-order chi connectivity index (χ1) is 13.2. The molecule has 3 aromatic rings. The number of hydrazine groups is 1. The van der Waals surface area contributed by atoms with E-state index in [1.54, 1.807) is 0 Å². The number of amides is 2. The third kappa shape index (κ3) is 5.93. The van der Waals surface area contributed by atoms with E-state index < -0.39 is 5.91 Å². The van der Waals surface area contributed by atoms with Gasteiger partial charge in [-0.05, 0) is 10.8 Å². The zero-order chi connectivity index (χ0) is 18.9. The van der Waals surface area contributed by atoms with E-state index in [9.17, 15) is 9.59 Å². The van der Waals surface area contributed by atoms with Crippen molar-refractivity contribution in [2.45, 2.75) is 12.3 Å². The van der Waals surface area contributed by atoms with Gasteiger partial charge in [0.15, 0.2) is 0 Å². The Hall–Kier alpha value is -3.20. The molecule has 0 aliphatic rings. The molecule has 0 aliphatic heterocycles. The van der Waals surface area contributed by atoms with Crippen LogP contribution in [0.1, 0.15) is 5.56 Å². The topological polar surface area (TPSA) is 102 Å². The highest BCUT2D eigenvalue weighted by atomic mass is 32.2. The first kappa shape index (κ1) is 18.6. The van der Waals surface area contributed by atoms with Gasteiger partial charge in [0, 0.05) is 11.3 Å². The van der Waals surface area contributed by atoms with Crippen LogP contribution in [0.5, 0.6) is 0 Å². The lowest BCUT2D eigenvalue weighted by molar-refractivity contribution is -0.128. The zero-order valence-corrected chi connectivity index (χ0v) is 15.2. The maximum Gasteiger partial charge on any atom is 0.262 e. The molecule has 9 heteroatoms. The summed E-state index contributed by atoms with van der Waals surface area (Å²) in [5.41, 5.74) is 6.68. The van der Waals surface area contributed by atoms with Crippen molar-refractivity contribution in [1.82, 2.24) is 31.1 Å². The van der Waals surface area contributed by atoms with Crippen LogP contribution in [-0.2, 0) is 21.9 Å². The summed E-state index contributed by atoms with van der Waals surface area (Å²) >= 11 is 1.47. The molecule has 0 spiro atoms. The Kier molecular flexibility index (Phi) is 6.53. The molecule has 1 heterocycles. The Morgan fingerprint density at radius 2 is 1.59 bits per heavy atom. The Morgan fingerprint density at radius 1 is 0.926 bits per heavy atom. The summed E-state index contributed by atoms with van der Waals surface area (Å²) in [5.74, 6) is 0.696. The van der Waals surface area contributed by atoms with Gasteiger partial charge in [-0.3, -0.25) is 20.4 Å². The number of nitrogens with zero attached hydrogens (tertiary/aromatic N) is 4. The Balaban J connectivity index is 1.38. The predicted octanol–water partition coefficient (Wildman–Crippen LogP) is 1.42. The van der Waals surface area contributed by atoms with Gasteiger partial charge in [0.25, 0.3) is 5.91 Å². The molecular formula is C18H18N6O2S. The van der Waals surface area contributed by atoms with Crippen LogP contribution in [0.15, 0.2) is 60.7 Å². The SMILES string of the molecule is O=C(CSCc1ccccc1)NNC(=O)Cn1nnc(-c2ccccc2)n1. The third-order valence-electron chi connectivity index (χ3n) is 3.46. The number of nitrogens with one attached hydrogen (secondary N) is 2. The molecule has 138 valence electrons. The highest BCUT2D eigenvalue weighted by molar-refractivity contribution is 7.99. The molecule has 0 saturated heterocycles. The minimum atomic E-state index is -0.437. The molecule has 2 amide bonds. The fraction of sp³-hybridized carbons (Fsp3) is 0.167. The smallest absolute Gasteiger partial charge is 0.262 e. The number of tetrazole rings is 1. The monoisotopic (exact) mass is 382 g/mol. The van der Waals surface area contributed by atoms with Gasteiger partial charge in [-0.25, -0.2) is 0 Å². The lowest BCUT2D eigenvalue weighted by atomic mass is 10.2. The largest absolute Gasteiger partial charge is 0.272 e. The quantitative estimate of drug-likeness (QED) is 0.599. The van der Waals surface area contributed by atoms with E-state index in [0.29, 0.717) is 5.82 Å². The molecule has 3 rings (SSSR count). The standard InChI is InChI=1S/C18H18N6O2S/c25-16(11-24-22-18(21-23-24)15-9-5-2-6-10-15)19-20-17(26)13-27-12-14-7-3-1-4-8-14/h1-10H,11-13H2,(H,19,25)(H,20,26). The van der Waals surface area contributed by atoms with Crippen LogP contribution in [0.4, 0.5) is 0 Å². The molecule has 0 radical (unpaired) electrons. The summed E-state index contributed by atoms with van der Waals surface area (Å²) in [6.07, 6.45) is 0. The number of aromatic nitrogens is 4. The molecule has 0 fully saturated rings. The lowest BCUT2D eigenvalue weighted by Crippen LogP contribution is -2.44. The van der Waals surface area contributed by atoms with Gasteiger partial charge < -0.3 is 0 Å². The Labute approximate surface area is 160 Å². The van der Waals surface area contributed by atoms with Crippen LogP contribution in [0, 0.1) is 0 Å². The molecule has 8 nitrogen and oxygen atoms in total. The number of benzene rings is 2. The Morgan fingerprint density at radius 3 is 2.33 bits per heavy atom. The number of rotatable bonds is 7. The van der Waals surface area contributed by atoms with Crippen LogP contribution in [-0.4, -0.2) is 37.8 Å². The lowest BCUT2D eigenvalue weighted by Gasteiger charge is -2.06. The summed E-state index contributed by atoms with van der Waals surface area (Å²) in [7, 11) is 0. The number of hydrogen-bond acceptors (Lipinski definition) is 6. The average molecular weight is 382 g/mol. The minimum Gasteiger partial charge on any atom is -0.272 e. The summed E-state index contributed by atoms with van der Waals surface area (Å²) in [6.45, 7) is -0.142. The second kappa shape index (κ2) is 9.48. The van der Waals surface area contributed by atoms with E-state index in [0.717, 1.165) is 16.9 Å². The van der Waals surface area contributed by atoms with Gasteiger partial charge in [-0.15, -0.1) is 22.0 Å². The van der Waals surface area contributed by atoms with E-state index >= 15 is 0 Å². The van der Waals surface area contributed by atoms with Gasteiger partial charge >= 0.3 is 0 Å². The molecular weight excluding hydrogens is 364 g/mol. The molecule has 0 bridgehead atoms. The number of hydrogen-bond donors (Lipinski definition) is 2.